The van der Waals surface area contributed by atoms with E-state index in [9.17, 15) is 0 Å². The van der Waals surface area contributed by atoms with Gasteiger partial charge in [-0.15, -0.1) is 0 Å². The maximum Gasteiger partial charge on any atom is 0.127 e. The standard InChI is InChI=1S/C12H16N2/c1-5-11-6-9(2)12-13(4)7-10(3)14(12)8-11/h5-8,12H,1H2,2-4H3. The molecule has 0 aromatic carbocycles. The van der Waals surface area contributed by atoms with E-state index >= 15 is 0 Å². The fourth-order valence-corrected chi connectivity index (χ4v) is 2.18. The molecule has 0 spiro atoms. The predicted molar refractivity (Wildman–Crippen MR) is 59.2 cm³/mol. The first kappa shape index (κ1) is 9.13. The van der Waals surface area contributed by atoms with Crippen molar-refractivity contribution in [3.63, 3.8) is 0 Å². The Morgan fingerprint density at radius 3 is 2.71 bits per heavy atom. The van der Waals surface area contributed by atoms with E-state index in [4.69, 9.17) is 0 Å². The Labute approximate surface area is 85.5 Å². The number of rotatable bonds is 1. The van der Waals surface area contributed by atoms with Crippen LogP contribution in [0.25, 0.3) is 0 Å². The van der Waals surface area contributed by atoms with Crippen LogP contribution >= 0.6 is 0 Å². The van der Waals surface area contributed by atoms with Crippen LogP contribution in [0.2, 0.25) is 0 Å². The first-order chi connectivity index (χ1) is 6.63. The van der Waals surface area contributed by atoms with Gasteiger partial charge in [0.1, 0.15) is 6.17 Å². The highest BCUT2D eigenvalue weighted by Gasteiger charge is 2.29. The zero-order chi connectivity index (χ0) is 10.3. The van der Waals surface area contributed by atoms with Gasteiger partial charge in [-0.3, -0.25) is 0 Å². The predicted octanol–water partition coefficient (Wildman–Crippen LogP) is 2.45. The van der Waals surface area contributed by atoms with Gasteiger partial charge in [-0.2, -0.15) is 0 Å². The minimum Gasteiger partial charge on any atom is -0.355 e. The molecule has 0 amide bonds. The monoisotopic (exact) mass is 188 g/mol. The Morgan fingerprint density at radius 2 is 2.07 bits per heavy atom. The number of hydrogen-bond donors (Lipinski definition) is 0. The van der Waals surface area contributed by atoms with E-state index in [1.807, 2.05) is 6.08 Å². The first-order valence-corrected chi connectivity index (χ1v) is 4.84. The molecule has 0 saturated heterocycles. The van der Waals surface area contributed by atoms with Crippen LogP contribution in [-0.2, 0) is 0 Å². The largest absolute Gasteiger partial charge is 0.355 e. The molecule has 2 nitrogen and oxygen atoms in total. The van der Waals surface area contributed by atoms with Gasteiger partial charge in [-0.1, -0.05) is 18.7 Å². The average molecular weight is 188 g/mol. The van der Waals surface area contributed by atoms with Crippen molar-refractivity contribution in [3.8, 4) is 0 Å². The van der Waals surface area contributed by atoms with E-state index in [0.717, 1.165) is 0 Å². The van der Waals surface area contributed by atoms with Crippen LogP contribution in [0.3, 0.4) is 0 Å². The van der Waals surface area contributed by atoms with Gasteiger partial charge in [-0.25, -0.2) is 0 Å². The highest BCUT2D eigenvalue weighted by atomic mass is 15.4. The molecule has 0 aromatic heterocycles. The second kappa shape index (κ2) is 3.05. The maximum absolute atomic E-state index is 3.80. The van der Waals surface area contributed by atoms with Crippen LogP contribution in [0.1, 0.15) is 13.8 Å². The summed E-state index contributed by atoms with van der Waals surface area (Å²) in [4.78, 5) is 4.52. The molecule has 2 rings (SSSR count). The summed E-state index contributed by atoms with van der Waals surface area (Å²) >= 11 is 0. The van der Waals surface area contributed by atoms with Gasteiger partial charge in [0.05, 0.1) is 0 Å². The highest BCUT2D eigenvalue weighted by Crippen LogP contribution is 2.31. The second-order valence-corrected chi connectivity index (χ2v) is 3.94. The lowest BCUT2D eigenvalue weighted by molar-refractivity contribution is 0.251. The Kier molecular flexibility index (Phi) is 1.99. The number of fused-ring (bicyclic) bond motifs is 1. The molecule has 0 bridgehead atoms. The quantitative estimate of drug-likeness (QED) is 0.623. The van der Waals surface area contributed by atoms with Gasteiger partial charge in [0.15, 0.2) is 0 Å². The van der Waals surface area contributed by atoms with Crippen molar-refractivity contribution in [2.24, 2.45) is 0 Å². The van der Waals surface area contributed by atoms with Crippen LogP contribution in [-0.4, -0.2) is 23.0 Å². The molecule has 1 atom stereocenters. The Hall–Kier alpha value is -1.44. The van der Waals surface area contributed by atoms with Gasteiger partial charge < -0.3 is 9.80 Å². The molecular weight excluding hydrogens is 172 g/mol. The smallest absolute Gasteiger partial charge is 0.127 e. The molecule has 2 aliphatic heterocycles. The Balaban J connectivity index is 2.40. The molecule has 1 unspecified atom stereocenters. The zero-order valence-corrected chi connectivity index (χ0v) is 8.99. The third-order valence-corrected chi connectivity index (χ3v) is 2.77. The molecule has 0 radical (unpaired) electrons. The third-order valence-electron chi connectivity index (χ3n) is 2.77. The molecule has 2 heterocycles. The number of nitrogens with zero attached hydrogens (tertiary/aromatic N) is 2. The van der Waals surface area contributed by atoms with E-state index in [0.29, 0.717) is 6.17 Å². The lowest BCUT2D eigenvalue weighted by Gasteiger charge is -2.33. The van der Waals surface area contributed by atoms with E-state index in [1.165, 1.54) is 16.8 Å². The van der Waals surface area contributed by atoms with Crippen LogP contribution in [0.5, 0.6) is 0 Å². The van der Waals surface area contributed by atoms with E-state index in [1.54, 1.807) is 0 Å². The van der Waals surface area contributed by atoms with Crippen molar-refractivity contribution in [1.29, 1.82) is 0 Å². The van der Waals surface area contributed by atoms with Crippen LogP contribution in [0, 0.1) is 0 Å². The summed E-state index contributed by atoms with van der Waals surface area (Å²) in [6.07, 6.45) is 8.78. The van der Waals surface area contributed by atoms with Gasteiger partial charge in [0, 0.05) is 25.1 Å². The van der Waals surface area contributed by atoms with Gasteiger partial charge in [-0.05, 0) is 25.0 Å². The molecule has 2 heteroatoms. The van der Waals surface area contributed by atoms with Gasteiger partial charge in [0.25, 0.3) is 0 Å². The average Bonchev–Trinajstić information content (AvgIpc) is 2.42. The van der Waals surface area contributed by atoms with Crippen molar-refractivity contribution < 1.29 is 0 Å². The molecular formula is C12H16N2. The lowest BCUT2D eigenvalue weighted by Crippen LogP contribution is -2.37. The minimum absolute atomic E-state index is 0.374. The second-order valence-electron chi connectivity index (χ2n) is 3.94. The summed E-state index contributed by atoms with van der Waals surface area (Å²) in [5.74, 6) is 0. The van der Waals surface area contributed by atoms with E-state index in [2.05, 4.69) is 55.7 Å². The van der Waals surface area contributed by atoms with Crippen molar-refractivity contribution in [2.45, 2.75) is 20.0 Å². The fourth-order valence-electron chi connectivity index (χ4n) is 2.18. The molecule has 0 N–H and O–H groups in total. The van der Waals surface area contributed by atoms with Crippen LogP contribution in [0.15, 0.2) is 48.0 Å². The van der Waals surface area contributed by atoms with E-state index in [-0.39, 0.29) is 0 Å². The van der Waals surface area contributed by atoms with E-state index < -0.39 is 0 Å². The van der Waals surface area contributed by atoms with Crippen molar-refractivity contribution in [2.75, 3.05) is 7.05 Å². The van der Waals surface area contributed by atoms with Crippen molar-refractivity contribution in [1.82, 2.24) is 9.80 Å². The summed E-state index contributed by atoms with van der Waals surface area (Å²) in [5, 5.41) is 0. The summed E-state index contributed by atoms with van der Waals surface area (Å²) in [7, 11) is 2.11. The maximum atomic E-state index is 3.80. The minimum atomic E-state index is 0.374. The fraction of sp³-hybridized carbons (Fsp3) is 0.333. The summed E-state index contributed by atoms with van der Waals surface area (Å²) in [6, 6.07) is 0. The van der Waals surface area contributed by atoms with Crippen molar-refractivity contribution >= 4 is 0 Å². The summed E-state index contributed by atoms with van der Waals surface area (Å²) < 4.78 is 0. The number of allylic oxidation sites excluding steroid dienone is 4. The molecule has 0 fully saturated rings. The first-order valence-electron chi connectivity index (χ1n) is 4.84. The summed E-state index contributed by atoms with van der Waals surface area (Å²) in [6.45, 7) is 8.10. The molecule has 0 aliphatic carbocycles. The molecule has 14 heavy (non-hydrogen) atoms. The summed E-state index contributed by atoms with van der Waals surface area (Å²) in [5.41, 5.74) is 3.82. The molecule has 0 saturated carbocycles. The lowest BCUT2D eigenvalue weighted by atomic mass is 10.1. The van der Waals surface area contributed by atoms with Crippen LogP contribution in [0.4, 0.5) is 0 Å². The topological polar surface area (TPSA) is 6.48 Å². The Bertz CT molecular complexity index is 361. The normalized spacial score (nSPS) is 25.4. The van der Waals surface area contributed by atoms with Gasteiger partial charge >= 0.3 is 0 Å². The number of likely N-dealkylation sites (N-methyl/N-ethyl adjacent to an activating group) is 1. The molecule has 0 aromatic rings. The third kappa shape index (κ3) is 1.18. The Morgan fingerprint density at radius 1 is 1.36 bits per heavy atom. The number of hydrogen-bond acceptors (Lipinski definition) is 2. The SMILES string of the molecule is C=CC1=CN2C(C)=CN(C)C2C(C)=C1. The highest BCUT2D eigenvalue weighted by molar-refractivity contribution is 5.39. The molecule has 2 aliphatic rings. The van der Waals surface area contributed by atoms with Gasteiger partial charge in [0.2, 0.25) is 0 Å². The molecule has 74 valence electrons. The zero-order valence-electron chi connectivity index (χ0n) is 8.99. The van der Waals surface area contributed by atoms with Crippen LogP contribution < -0.4 is 0 Å². The van der Waals surface area contributed by atoms with Crippen molar-refractivity contribution in [3.05, 3.63) is 48.0 Å².